The zero-order valence-corrected chi connectivity index (χ0v) is 17.9. The highest BCUT2D eigenvalue weighted by atomic mass is 35.5. The molecule has 0 spiro atoms. The molecule has 0 aliphatic carbocycles. The van der Waals surface area contributed by atoms with Crippen LogP contribution in [0.15, 0.2) is 24.3 Å². The monoisotopic (exact) mass is 420 g/mol. The molecule has 2 heterocycles. The fourth-order valence-corrected chi connectivity index (χ4v) is 3.42. The number of rotatable bonds is 5. The maximum Gasteiger partial charge on any atom is 0.258 e. The van der Waals surface area contributed by atoms with Crippen molar-refractivity contribution in [2.75, 3.05) is 6.61 Å². The van der Waals surface area contributed by atoms with Gasteiger partial charge in [-0.2, -0.15) is 0 Å². The third-order valence-electron chi connectivity index (χ3n) is 4.52. The Balaban J connectivity index is 1.74. The number of pyridine rings is 1. The number of ether oxygens (including phenoxy) is 1. The average Bonchev–Trinajstić information content (AvgIpc) is 2.91. The Labute approximate surface area is 173 Å². The van der Waals surface area contributed by atoms with Gasteiger partial charge in [0.1, 0.15) is 0 Å². The first-order valence-corrected chi connectivity index (χ1v) is 9.54. The number of nitrogens with one attached hydrogen (secondary N) is 1. The zero-order chi connectivity index (χ0) is 20.6. The van der Waals surface area contributed by atoms with Crippen LogP contribution < -0.4 is 10.1 Å². The Bertz CT molecular complexity index is 1060. The number of hydrogen-bond donors (Lipinski definition) is 1. The minimum absolute atomic E-state index is 0.163. The second-order valence-electron chi connectivity index (χ2n) is 7.30. The quantitative estimate of drug-likeness (QED) is 0.666. The van der Waals surface area contributed by atoms with Crippen LogP contribution in [0.5, 0.6) is 5.88 Å². The normalized spacial score (nSPS) is 11.7. The van der Waals surface area contributed by atoms with Gasteiger partial charge in [0.2, 0.25) is 5.88 Å². The minimum Gasteiger partial charge on any atom is -0.466 e. The summed E-state index contributed by atoms with van der Waals surface area (Å²) >= 11 is 12.1. The van der Waals surface area contributed by atoms with E-state index < -0.39 is 5.54 Å². The standard InChI is InChI=1S/C20H22Cl2N4O2/c1-11-8-12(2)23-18-17(11)19(25-26(18)5)28-10-16(27)24-20(3,4)13-6-7-14(21)15(22)9-13/h6-9H,10H2,1-5H3,(H,24,27). The lowest BCUT2D eigenvalue weighted by Gasteiger charge is -2.27. The number of halogens is 2. The molecule has 2 aromatic heterocycles. The smallest absolute Gasteiger partial charge is 0.258 e. The number of aromatic nitrogens is 3. The van der Waals surface area contributed by atoms with E-state index >= 15 is 0 Å². The lowest BCUT2D eigenvalue weighted by Crippen LogP contribution is -2.43. The molecule has 0 unspecified atom stereocenters. The number of carbonyl (C=O) groups excluding carboxylic acids is 1. The predicted octanol–water partition coefficient (Wildman–Crippen LogP) is 4.32. The maximum atomic E-state index is 12.5. The van der Waals surface area contributed by atoms with Crippen LogP contribution in [0.2, 0.25) is 10.0 Å². The SMILES string of the molecule is Cc1cc(C)c2c(OCC(=O)NC(C)(C)c3ccc(Cl)c(Cl)c3)nn(C)c2n1. The lowest BCUT2D eigenvalue weighted by atomic mass is 9.94. The van der Waals surface area contributed by atoms with Crippen molar-refractivity contribution < 1.29 is 9.53 Å². The van der Waals surface area contributed by atoms with Crippen LogP contribution in [0, 0.1) is 13.8 Å². The van der Waals surface area contributed by atoms with E-state index in [4.69, 9.17) is 27.9 Å². The Morgan fingerprint density at radius 1 is 1.21 bits per heavy atom. The predicted molar refractivity (Wildman–Crippen MR) is 111 cm³/mol. The van der Waals surface area contributed by atoms with Gasteiger partial charge in [0.25, 0.3) is 5.91 Å². The topological polar surface area (TPSA) is 69.0 Å². The first-order valence-electron chi connectivity index (χ1n) is 8.79. The van der Waals surface area contributed by atoms with E-state index in [-0.39, 0.29) is 12.5 Å². The first-order chi connectivity index (χ1) is 13.1. The number of fused-ring (bicyclic) bond motifs is 1. The van der Waals surface area contributed by atoms with Crippen molar-refractivity contribution in [1.82, 2.24) is 20.1 Å². The van der Waals surface area contributed by atoms with Gasteiger partial charge >= 0.3 is 0 Å². The summed E-state index contributed by atoms with van der Waals surface area (Å²) in [5.74, 6) is 0.123. The van der Waals surface area contributed by atoms with Crippen LogP contribution in [-0.2, 0) is 17.4 Å². The molecule has 148 valence electrons. The summed E-state index contributed by atoms with van der Waals surface area (Å²) in [6.07, 6.45) is 0. The van der Waals surface area contributed by atoms with Gasteiger partial charge in [0.05, 0.1) is 21.0 Å². The van der Waals surface area contributed by atoms with Crippen LogP contribution in [0.1, 0.15) is 30.7 Å². The molecule has 0 aliphatic heterocycles. The molecule has 0 saturated heterocycles. The maximum absolute atomic E-state index is 12.5. The van der Waals surface area contributed by atoms with Crippen molar-refractivity contribution in [3.05, 3.63) is 51.1 Å². The second kappa shape index (κ2) is 7.60. The number of hydrogen-bond acceptors (Lipinski definition) is 4. The van der Waals surface area contributed by atoms with E-state index in [1.807, 2.05) is 39.8 Å². The Morgan fingerprint density at radius 2 is 1.93 bits per heavy atom. The highest BCUT2D eigenvalue weighted by Gasteiger charge is 2.24. The molecule has 1 aromatic carbocycles. The number of nitrogens with zero attached hydrogens (tertiary/aromatic N) is 3. The van der Waals surface area contributed by atoms with Gasteiger partial charge in [-0.05, 0) is 57.0 Å². The summed E-state index contributed by atoms with van der Waals surface area (Å²) in [6.45, 7) is 7.51. The third kappa shape index (κ3) is 4.08. The lowest BCUT2D eigenvalue weighted by molar-refractivity contribution is -0.124. The first kappa shape index (κ1) is 20.4. The molecule has 6 nitrogen and oxygen atoms in total. The van der Waals surface area contributed by atoms with Crippen LogP contribution in [0.25, 0.3) is 11.0 Å². The minimum atomic E-state index is -0.643. The summed E-state index contributed by atoms with van der Waals surface area (Å²) in [5, 5.41) is 9.03. The van der Waals surface area contributed by atoms with Crippen LogP contribution in [-0.4, -0.2) is 27.3 Å². The summed E-state index contributed by atoms with van der Waals surface area (Å²) in [4.78, 5) is 17.0. The average molecular weight is 421 g/mol. The molecule has 0 atom stereocenters. The van der Waals surface area contributed by atoms with Gasteiger partial charge in [-0.1, -0.05) is 29.3 Å². The van der Waals surface area contributed by atoms with Gasteiger partial charge in [-0.15, -0.1) is 5.10 Å². The van der Waals surface area contributed by atoms with Crippen molar-refractivity contribution in [2.24, 2.45) is 7.05 Å². The fraction of sp³-hybridized carbons (Fsp3) is 0.350. The van der Waals surface area contributed by atoms with E-state index in [1.165, 1.54) is 0 Å². The summed E-state index contributed by atoms with van der Waals surface area (Å²) in [6, 6.07) is 7.25. The molecular formula is C20H22Cl2N4O2. The van der Waals surface area contributed by atoms with Gasteiger partial charge in [0, 0.05) is 12.7 Å². The van der Waals surface area contributed by atoms with Gasteiger partial charge in [0.15, 0.2) is 12.3 Å². The fourth-order valence-electron chi connectivity index (χ4n) is 3.13. The van der Waals surface area contributed by atoms with E-state index in [1.54, 1.807) is 23.9 Å². The van der Waals surface area contributed by atoms with E-state index in [2.05, 4.69) is 15.4 Å². The van der Waals surface area contributed by atoms with E-state index in [9.17, 15) is 4.79 Å². The molecule has 0 bridgehead atoms. The second-order valence-corrected chi connectivity index (χ2v) is 8.11. The van der Waals surface area contributed by atoms with Gasteiger partial charge < -0.3 is 10.1 Å². The summed E-state index contributed by atoms with van der Waals surface area (Å²) in [7, 11) is 1.80. The third-order valence-corrected chi connectivity index (χ3v) is 5.26. The molecule has 3 aromatic rings. The van der Waals surface area contributed by atoms with Crippen molar-refractivity contribution in [2.45, 2.75) is 33.2 Å². The van der Waals surface area contributed by atoms with Crippen molar-refractivity contribution in [1.29, 1.82) is 0 Å². The largest absolute Gasteiger partial charge is 0.466 e. The number of aryl methyl sites for hydroxylation is 3. The zero-order valence-electron chi connectivity index (χ0n) is 16.4. The highest BCUT2D eigenvalue weighted by molar-refractivity contribution is 6.42. The van der Waals surface area contributed by atoms with Crippen molar-refractivity contribution in [3.8, 4) is 5.88 Å². The van der Waals surface area contributed by atoms with Gasteiger partial charge in [-0.25, -0.2) is 9.67 Å². The van der Waals surface area contributed by atoms with E-state index in [0.717, 1.165) is 27.9 Å². The molecule has 1 amide bonds. The molecule has 0 aliphatic rings. The molecule has 3 rings (SSSR count). The number of benzene rings is 1. The molecule has 1 N–H and O–H groups in total. The molecule has 0 radical (unpaired) electrons. The molecule has 0 saturated carbocycles. The number of amides is 1. The van der Waals surface area contributed by atoms with E-state index in [0.29, 0.717) is 15.9 Å². The van der Waals surface area contributed by atoms with Crippen LogP contribution >= 0.6 is 23.2 Å². The Hall–Kier alpha value is -2.31. The number of carbonyl (C=O) groups is 1. The molecular weight excluding hydrogens is 399 g/mol. The van der Waals surface area contributed by atoms with Crippen molar-refractivity contribution >= 4 is 40.1 Å². The Kier molecular flexibility index (Phi) is 5.55. The highest BCUT2D eigenvalue weighted by Crippen LogP contribution is 2.29. The summed E-state index contributed by atoms with van der Waals surface area (Å²) in [5.41, 5.74) is 2.83. The van der Waals surface area contributed by atoms with Crippen LogP contribution in [0.3, 0.4) is 0 Å². The molecule has 8 heteroatoms. The van der Waals surface area contributed by atoms with Gasteiger partial charge in [-0.3, -0.25) is 4.79 Å². The Morgan fingerprint density at radius 3 is 2.61 bits per heavy atom. The molecule has 28 heavy (non-hydrogen) atoms. The van der Waals surface area contributed by atoms with Crippen LogP contribution in [0.4, 0.5) is 0 Å². The molecule has 0 fully saturated rings. The summed E-state index contributed by atoms with van der Waals surface area (Å²) < 4.78 is 7.37. The van der Waals surface area contributed by atoms with Crippen molar-refractivity contribution in [3.63, 3.8) is 0 Å².